The second-order valence-corrected chi connectivity index (χ2v) is 8.55. The van der Waals surface area contributed by atoms with Crippen LogP contribution in [0.1, 0.15) is 65.4 Å². The maximum absolute atomic E-state index is 8.58. The number of fused-ring (bicyclic) bond motifs is 2. The summed E-state index contributed by atoms with van der Waals surface area (Å²) in [6.45, 7) is 9.91. The standard InChI is InChI=1S/C20H30.CH3NO/c1-5-18-15(2)11-20(17-9-7-6-8-10-17)13-16(18)12-19(3,4)14-20;2-1-3/h6-10,15-16,18H,5,11-14H2,1-4H3;1H,(H2,2,3). The van der Waals surface area contributed by atoms with Gasteiger partial charge in [-0.1, -0.05) is 64.4 Å². The minimum atomic E-state index is 0.250. The van der Waals surface area contributed by atoms with Gasteiger partial charge in [-0.3, -0.25) is 4.79 Å². The lowest BCUT2D eigenvalue weighted by Crippen LogP contribution is -2.49. The quantitative estimate of drug-likeness (QED) is 0.774. The highest BCUT2D eigenvalue weighted by Gasteiger charge is 2.51. The highest BCUT2D eigenvalue weighted by molar-refractivity contribution is 5.42. The van der Waals surface area contributed by atoms with Crippen LogP contribution in [0.5, 0.6) is 0 Å². The third kappa shape index (κ3) is 3.79. The van der Waals surface area contributed by atoms with Crippen LogP contribution in [0.2, 0.25) is 0 Å². The third-order valence-corrected chi connectivity index (χ3v) is 6.19. The molecule has 0 radical (unpaired) electrons. The van der Waals surface area contributed by atoms with Crippen LogP contribution in [0.4, 0.5) is 0 Å². The summed E-state index contributed by atoms with van der Waals surface area (Å²) < 4.78 is 0. The Hall–Kier alpha value is -1.31. The van der Waals surface area contributed by atoms with Crippen molar-refractivity contribution in [3.8, 4) is 0 Å². The number of hydrogen-bond donors (Lipinski definition) is 1. The topological polar surface area (TPSA) is 43.1 Å². The molecule has 2 nitrogen and oxygen atoms in total. The lowest BCUT2D eigenvalue weighted by atomic mass is 9.48. The maximum atomic E-state index is 8.58. The zero-order valence-corrected chi connectivity index (χ0v) is 15.2. The Morgan fingerprint density at radius 1 is 1.17 bits per heavy atom. The van der Waals surface area contributed by atoms with Gasteiger partial charge in [0.1, 0.15) is 0 Å². The summed E-state index contributed by atoms with van der Waals surface area (Å²) in [6.07, 6.45) is 7.26. The maximum Gasteiger partial charge on any atom is 0.204 e. The molecule has 0 aliphatic heterocycles. The van der Waals surface area contributed by atoms with Gasteiger partial charge in [0.15, 0.2) is 0 Å². The molecule has 0 heterocycles. The Morgan fingerprint density at radius 3 is 2.35 bits per heavy atom. The van der Waals surface area contributed by atoms with E-state index >= 15 is 0 Å². The van der Waals surface area contributed by atoms with E-state index in [-0.39, 0.29) is 6.41 Å². The average Bonchev–Trinajstić information content (AvgIpc) is 2.47. The van der Waals surface area contributed by atoms with E-state index in [1.807, 2.05) is 0 Å². The fourth-order valence-corrected chi connectivity index (χ4v) is 5.90. The summed E-state index contributed by atoms with van der Waals surface area (Å²) in [5.74, 6) is 2.77. The van der Waals surface area contributed by atoms with Gasteiger partial charge in [-0.2, -0.15) is 0 Å². The fourth-order valence-electron chi connectivity index (χ4n) is 5.90. The number of benzene rings is 1. The van der Waals surface area contributed by atoms with Gasteiger partial charge in [0, 0.05) is 0 Å². The van der Waals surface area contributed by atoms with Crippen LogP contribution in [-0.4, -0.2) is 6.41 Å². The Labute approximate surface area is 141 Å². The molecule has 2 bridgehead atoms. The molecule has 128 valence electrons. The lowest BCUT2D eigenvalue weighted by Gasteiger charge is -2.57. The molecule has 0 saturated heterocycles. The summed E-state index contributed by atoms with van der Waals surface area (Å²) in [6, 6.07) is 11.4. The van der Waals surface area contributed by atoms with Crippen LogP contribution in [0.25, 0.3) is 0 Å². The second-order valence-electron chi connectivity index (χ2n) is 8.55. The number of carbonyl (C=O) groups is 1. The molecule has 4 atom stereocenters. The third-order valence-electron chi connectivity index (χ3n) is 6.19. The fraction of sp³-hybridized carbons (Fsp3) is 0.667. The number of amides is 1. The van der Waals surface area contributed by atoms with Crippen molar-refractivity contribution in [3.63, 3.8) is 0 Å². The molecule has 2 heteroatoms. The minimum Gasteiger partial charge on any atom is -0.372 e. The van der Waals surface area contributed by atoms with E-state index in [9.17, 15) is 0 Å². The minimum absolute atomic E-state index is 0.250. The summed E-state index contributed by atoms with van der Waals surface area (Å²) in [7, 11) is 0. The summed E-state index contributed by atoms with van der Waals surface area (Å²) >= 11 is 0. The molecular weight excluding hydrogens is 282 g/mol. The van der Waals surface area contributed by atoms with Gasteiger partial charge in [-0.15, -0.1) is 0 Å². The van der Waals surface area contributed by atoms with Crippen molar-refractivity contribution in [1.82, 2.24) is 0 Å². The second kappa shape index (κ2) is 7.07. The van der Waals surface area contributed by atoms with Crippen molar-refractivity contribution in [2.75, 3.05) is 0 Å². The van der Waals surface area contributed by atoms with E-state index in [2.05, 4.69) is 63.8 Å². The number of nitrogens with two attached hydrogens (primary N) is 1. The molecule has 2 fully saturated rings. The van der Waals surface area contributed by atoms with E-state index in [0.717, 1.165) is 17.8 Å². The molecule has 1 amide bonds. The van der Waals surface area contributed by atoms with E-state index < -0.39 is 0 Å². The molecule has 3 rings (SSSR count). The zero-order chi connectivity index (χ0) is 17.1. The first-order valence-electron chi connectivity index (χ1n) is 9.08. The Bertz CT molecular complexity index is 506. The zero-order valence-electron chi connectivity index (χ0n) is 15.2. The van der Waals surface area contributed by atoms with Gasteiger partial charge >= 0.3 is 0 Å². The van der Waals surface area contributed by atoms with Gasteiger partial charge in [0.25, 0.3) is 0 Å². The molecule has 2 aliphatic carbocycles. The highest BCUT2D eigenvalue weighted by Crippen LogP contribution is 2.60. The van der Waals surface area contributed by atoms with Gasteiger partial charge in [0.05, 0.1) is 0 Å². The van der Waals surface area contributed by atoms with E-state index in [1.165, 1.54) is 32.1 Å². The molecule has 2 saturated carbocycles. The predicted octanol–water partition coefficient (Wildman–Crippen LogP) is 4.92. The van der Waals surface area contributed by atoms with Crippen LogP contribution in [0.15, 0.2) is 30.3 Å². The van der Waals surface area contributed by atoms with Crippen molar-refractivity contribution in [2.45, 2.75) is 65.2 Å². The van der Waals surface area contributed by atoms with Crippen molar-refractivity contribution in [2.24, 2.45) is 28.9 Å². The first kappa shape index (κ1) is 18.0. The molecule has 0 spiro atoms. The summed E-state index contributed by atoms with van der Waals surface area (Å²) in [5, 5.41) is 0. The molecule has 1 aromatic carbocycles. The number of primary amides is 1. The molecule has 1 aromatic rings. The Morgan fingerprint density at radius 2 is 1.78 bits per heavy atom. The van der Waals surface area contributed by atoms with Crippen molar-refractivity contribution in [1.29, 1.82) is 0 Å². The van der Waals surface area contributed by atoms with E-state index in [0.29, 0.717) is 10.8 Å². The first-order valence-corrected chi connectivity index (χ1v) is 9.08. The van der Waals surface area contributed by atoms with Crippen molar-refractivity contribution in [3.05, 3.63) is 35.9 Å². The molecule has 23 heavy (non-hydrogen) atoms. The molecule has 2 N–H and O–H groups in total. The van der Waals surface area contributed by atoms with E-state index in [1.54, 1.807) is 5.56 Å². The Kier molecular flexibility index (Phi) is 5.54. The first-order chi connectivity index (χ1) is 10.9. The molecule has 4 unspecified atom stereocenters. The van der Waals surface area contributed by atoms with Crippen LogP contribution in [-0.2, 0) is 10.2 Å². The smallest absolute Gasteiger partial charge is 0.204 e. The average molecular weight is 316 g/mol. The summed E-state index contributed by atoms with van der Waals surface area (Å²) in [4.78, 5) is 8.58. The SMILES string of the molecule is CCC1C(C)CC2(c3ccccc3)CC1CC(C)(C)C2.NC=O. The van der Waals surface area contributed by atoms with Crippen molar-refractivity contribution < 1.29 is 4.79 Å². The summed E-state index contributed by atoms with van der Waals surface area (Å²) in [5.41, 5.74) is 6.74. The molecule has 0 aromatic heterocycles. The monoisotopic (exact) mass is 315 g/mol. The van der Waals surface area contributed by atoms with Crippen LogP contribution in [0.3, 0.4) is 0 Å². The van der Waals surface area contributed by atoms with Crippen LogP contribution >= 0.6 is 0 Å². The number of rotatable bonds is 2. The highest BCUT2D eigenvalue weighted by atomic mass is 16.1. The van der Waals surface area contributed by atoms with E-state index in [4.69, 9.17) is 4.79 Å². The van der Waals surface area contributed by atoms with Crippen LogP contribution in [0, 0.1) is 23.2 Å². The van der Waals surface area contributed by atoms with Gasteiger partial charge in [0.2, 0.25) is 6.41 Å². The van der Waals surface area contributed by atoms with Gasteiger partial charge in [-0.05, 0) is 59.8 Å². The molecule has 2 aliphatic rings. The largest absolute Gasteiger partial charge is 0.372 e. The Balaban J connectivity index is 0.000000595. The normalized spacial score (nSPS) is 34.9. The van der Waals surface area contributed by atoms with Gasteiger partial charge < -0.3 is 5.73 Å². The van der Waals surface area contributed by atoms with Crippen LogP contribution < -0.4 is 5.73 Å². The molecular formula is C21H33NO. The predicted molar refractivity (Wildman–Crippen MR) is 97.1 cm³/mol. The number of carbonyl (C=O) groups excluding carboxylic acids is 1. The van der Waals surface area contributed by atoms with Gasteiger partial charge in [-0.25, -0.2) is 0 Å². The number of hydrogen-bond acceptors (Lipinski definition) is 1. The van der Waals surface area contributed by atoms with Crippen molar-refractivity contribution >= 4 is 6.41 Å². The lowest BCUT2D eigenvalue weighted by molar-refractivity contribution is -0.106.